The van der Waals surface area contributed by atoms with Gasteiger partial charge >= 0.3 is 0 Å². The van der Waals surface area contributed by atoms with E-state index in [1.54, 1.807) is 27.8 Å². The first-order chi connectivity index (χ1) is 15.8. The smallest absolute Gasteiger partial charge is 0.243 e. The van der Waals surface area contributed by atoms with Gasteiger partial charge in [0.15, 0.2) is 5.78 Å². The molecule has 2 amide bonds. The number of rotatable bonds is 6. The van der Waals surface area contributed by atoms with Crippen LogP contribution in [0.4, 0.5) is 4.39 Å². The van der Waals surface area contributed by atoms with Gasteiger partial charge in [0.1, 0.15) is 18.4 Å². The van der Waals surface area contributed by atoms with Crippen molar-refractivity contribution in [3.8, 4) is 0 Å². The molecule has 1 saturated heterocycles. The van der Waals surface area contributed by atoms with Crippen LogP contribution in [-0.2, 0) is 22.7 Å². The van der Waals surface area contributed by atoms with Gasteiger partial charge in [-0.25, -0.2) is 4.39 Å². The normalized spacial score (nSPS) is 21.2. The van der Waals surface area contributed by atoms with Crippen molar-refractivity contribution in [2.24, 2.45) is 5.92 Å². The van der Waals surface area contributed by atoms with Crippen molar-refractivity contribution in [1.82, 2.24) is 14.8 Å². The molecule has 1 N–H and O–H groups in total. The van der Waals surface area contributed by atoms with Crippen LogP contribution in [0.5, 0.6) is 0 Å². The van der Waals surface area contributed by atoms with E-state index in [4.69, 9.17) is 11.6 Å². The summed E-state index contributed by atoms with van der Waals surface area (Å²) >= 11 is 5.82. The Morgan fingerprint density at radius 1 is 1.12 bits per heavy atom. The monoisotopic (exact) mass is 467 g/mol. The molecular formula is C25H23ClFN3O3. The number of hydrogen-bond donors (Lipinski definition) is 1. The average Bonchev–Trinajstić information content (AvgIpc) is 3.30. The van der Waals surface area contributed by atoms with Gasteiger partial charge in [-0.3, -0.25) is 14.4 Å². The van der Waals surface area contributed by atoms with Gasteiger partial charge in [-0.1, -0.05) is 41.9 Å². The fraction of sp³-hybridized carbons (Fsp3) is 0.320. The first-order valence-corrected chi connectivity index (χ1v) is 11.3. The first-order valence-electron chi connectivity index (χ1n) is 11.0. The van der Waals surface area contributed by atoms with Gasteiger partial charge in [0.05, 0.1) is 5.02 Å². The van der Waals surface area contributed by atoms with Crippen molar-refractivity contribution in [3.05, 3.63) is 70.6 Å². The molecule has 1 aliphatic carbocycles. The minimum Gasteiger partial charge on any atom is -0.350 e. The van der Waals surface area contributed by atoms with E-state index in [0.717, 1.165) is 17.3 Å². The van der Waals surface area contributed by atoms with Gasteiger partial charge in [0.2, 0.25) is 11.8 Å². The van der Waals surface area contributed by atoms with Gasteiger partial charge in [-0.15, -0.1) is 0 Å². The number of carbonyl (C=O) groups excluding carboxylic acids is 3. The number of amides is 2. The van der Waals surface area contributed by atoms with E-state index in [9.17, 15) is 18.8 Å². The number of nitrogens with one attached hydrogen (secondary N) is 1. The molecule has 33 heavy (non-hydrogen) atoms. The van der Waals surface area contributed by atoms with Crippen LogP contribution in [0.2, 0.25) is 5.02 Å². The summed E-state index contributed by atoms with van der Waals surface area (Å²) in [6.45, 7) is 1.55. The number of fused-ring (bicyclic) bond motifs is 2. The van der Waals surface area contributed by atoms with Crippen LogP contribution < -0.4 is 5.32 Å². The molecule has 2 aromatic carbocycles. The van der Waals surface area contributed by atoms with Crippen LogP contribution in [-0.4, -0.2) is 39.1 Å². The number of ketones is 1. The second-order valence-corrected chi connectivity index (χ2v) is 9.20. The number of aromatic nitrogens is 1. The van der Waals surface area contributed by atoms with E-state index in [-0.39, 0.29) is 41.8 Å². The maximum Gasteiger partial charge on any atom is 0.243 e. The second-order valence-electron chi connectivity index (χ2n) is 8.79. The lowest BCUT2D eigenvalue weighted by molar-refractivity contribution is -0.140. The predicted octanol–water partition coefficient (Wildman–Crippen LogP) is 3.94. The number of nitrogens with zero attached hydrogens (tertiary/aromatic N) is 2. The number of para-hydroxylation sites is 1. The van der Waals surface area contributed by atoms with Gasteiger partial charge in [-0.2, -0.15) is 0 Å². The number of benzene rings is 2. The number of carbonyl (C=O) groups is 3. The molecule has 6 nitrogen and oxygen atoms in total. The van der Waals surface area contributed by atoms with Gasteiger partial charge in [0.25, 0.3) is 0 Å². The van der Waals surface area contributed by atoms with Crippen molar-refractivity contribution in [2.75, 3.05) is 0 Å². The largest absolute Gasteiger partial charge is 0.350 e. The SMILES string of the molecule is CC(=O)c1cn(CC(=O)N2[C@@H]3C[C@@H]3C[C@H]2C(=O)NCc2cccc(Cl)c2F)c2ccccc12. The lowest BCUT2D eigenvalue weighted by Gasteiger charge is -2.27. The molecule has 0 bridgehead atoms. The Kier molecular flexibility index (Phi) is 5.44. The minimum atomic E-state index is -0.586. The summed E-state index contributed by atoms with van der Waals surface area (Å²) in [6.07, 6.45) is 3.21. The lowest BCUT2D eigenvalue weighted by Crippen LogP contribution is -2.48. The molecule has 8 heteroatoms. The van der Waals surface area contributed by atoms with Crippen molar-refractivity contribution < 1.29 is 18.8 Å². The molecule has 5 rings (SSSR count). The minimum absolute atomic E-state index is 0.00327. The van der Waals surface area contributed by atoms with Crippen LogP contribution in [0, 0.1) is 11.7 Å². The highest BCUT2D eigenvalue weighted by molar-refractivity contribution is 6.30. The maximum atomic E-state index is 14.2. The molecule has 3 aromatic rings. The highest BCUT2D eigenvalue weighted by Crippen LogP contribution is 2.48. The standard InChI is InChI=1S/C25H23ClFN3O3/c1-14(31)18-12-29(20-8-3-2-6-17(18)20)13-23(32)30-21-9-16(21)10-22(30)25(33)28-11-15-5-4-7-19(26)24(15)27/h2-8,12,16,21-22H,9-11,13H2,1H3,(H,28,33)/t16-,21-,22+/m1/s1. The third-order valence-electron chi connectivity index (χ3n) is 6.65. The van der Waals surface area contributed by atoms with E-state index in [2.05, 4.69) is 5.32 Å². The second kappa shape index (κ2) is 8.30. The summed E-state index contributed by atoms with van der Waals surface area (Å²) in [5, 5.41) is 3.58. The van der Waals surface area contributed by atoms with E-state index in [1.165, 1.54) is 13.0 Å². The summed E-state index contributed by atoms with van der Waals surface area (Å²) in [5.74, 6) is -0.753. The molecule has 1 aromatic heterocycles. The molecule has 170 valence electrons. The molecular weight excluding hydrogens is 445 g/mol. The van der Waals surface area contributed by atoms with Crippen LogP contribution in [0.3, 0.4) is 0 Å². The predicted molar refractivity (Wildman–Crippen MR) is 122 cm³/mol. The molecule has 0 spiro atoms. The number of hydrogen-bond acceptors (Lipinski definition) is 3. The summed E-state index contributed by atoms with van der Waals surface area (Å²) < 4.78 is 15.9. The Hall–Kier alpha value is -3.19. The van der Waals surface area contributed by atoms with Crippen LogP contribution in [0.15, 0.2) is 48.7 Å². The molecule has 2 heterocycles. The molecule has 2 aliphatic rings. The quantitative estimate of drug-likeness (QED) is 0.558. The Bertz CT molecular complexity index is 1290. The molecule has 0 radical (unpaired) electrons. The fourth-order valence-corrected chi connectivity index (χ4v) is 5.11. The highest BCUT2D eigenvalue weighted by atomic mass is 35.5. The zero-order valence-corrected chi connectivity index (χ0v) is 18.8. The van der Waals surface area contributed by atoms with E-state index in [0.29, 0.717) is 23.5 Å². The number of likely N-dealkylation sites (tertiary alicyclic amines) is 1. The van der Waals surface area contributed by atoms with E-state index < -0.39 is 11.9 Å². The van der Waals surface area contributed by atoms with E-state index in [1.807, 2.05) is 24.3 Å². The van der Waals surface area contributed by atoms with Crippen molar-refractivity contribution in [2.45, 2.75) is 44.9 Å². The fourth-order valence-electron chi connectivity index (χ4n) is 4.92. The number of piperidine rings is 1. The van der Waals surface area contributed by atoms with Crippen LogP contribution in [0.25, 0.3) is 10.9 Å². The maximum absolute atomic E-state index is 14.2. The lowest BCUT2D eigenvalue weighted by atomic mass is 10.1. The van der Waals surface area contributed by atoms with Crippen LogP contribution in [0.1, 0.15) is 35.7 Å². The zero-order chi connectivity index (χ0) is 23.3. The summed E-state index contributed by atoms with van der Waals surface area (Å²) in [4.78, 5) is 40.0. The molecule has 1 aliphatic heterocycles. The van der Waals surface area contributed by atoms with Gasteiger partial charge in [0, 0.05) is 40.8 Å². The zero-order valence-electron chi connectivity index (χ0n) is 18.1. The van der Waals surface area contributed by atoms with Crippen LogP contribution >= 0.6 is 11.6 Å². The average molecular weight is 468 g/mol. The summed E-state index contributed by atoms with van der Waals surface area (Å²) in [6, 6.07) is 11.6. The Labute approximate surface area is 195 Å². The third-order valence-corrected chi connectivity index (χ3v) is 6.95. The highest BCUT2D eigenvalue weighted by Gasteiger charge is 2.55. The Morgan fingerprint density at radius 3 is 2.70 bits per heavy atom. The first kappa shape index (κ1) is 21.6. The number of Topliss-reactive ketones (excluding diaryl/α,β-unsaturated/α-hetero) is 1. The van der Waals surface area contributed by atoms with Crippen molar-refractivity contribution in [3.63, 3.8) is 0 Å². The van der Waals surface area contributed by atoms with Crippen molar-refractivity contribution in [1.29, 1.82) is 0 Å². The summed E-state index contributed by atoms with van der Waals surface area (Å²) in [5.41, 5.74) is 1.68. The Morgan fingerprint density at radius 2 is 1.91 bits per heavy atom. The van der Waals surface area contributed by atoms with Gasteiger partial charge < -0.3 is 14.8 Å². The van der Waals surface area contributed by atoms with E-state index >= 15 is 0 Å². The topological polar surface area (TPSA) is 71.4 Å². The molecule has 2 fully saturated rings. The molecule has 1 saturated carbocycles. The number of halogens is 2. The third kappa shape index (κ3) is 3.91. The molecule has 0 unspecified atom stereocenters. The van der Waals surface area contributed by atoms with Gasteiger partial charge in [-0.05, 0) is 37.8 Å². The van der Waals surface area contributed by atoms with Crippen molar-refractivity contribution >= 4 is 40.1 Å². The molecule has 3 atom stereocenters. The Balaban J connectivity index is 1.33. The summed E-state index contributed by atoms with van der Waals surface area (Å²) in [7, 11) is 0.